The molecule has 0 amide bonds. The fraction of sp³-hybridized carbons (Fsp3) is 0.200. The summed E-state index contributed by atoms with van der Waals surface area (Å²) in [5.74, 6) is 1.02. The minimum Gasteiger partial charge on any atom is -0.492 e. The van der Waals surface area contributed by atoms with Gasteiger partial charge in [-0.3, -0.25) is 0 Å². The Morgan fingerprint density at radius 3 is 2.77 bits per heavy atom. The highest BCUT2D eigenvalue weighted by molar-refractivity contribution is 9.10. The van der Waals surface area contributed by atoms with E-state index in [0.717, 1.165) is 21.2 Å². The van der Waals surface area contributed by atoms with E-state index in [-0.39, 0.29) is 5.70 Å². The summed E-state index contributed by atoms with van der Waals surface area (Å²) in [5.41, 5.74) is 2.83. The first-order valence-corrected chi connectivity index (χ1v) is 8.91. The summed E-state index contributed by atoms with van der Waals surface area (Å²) in [6.07, 6.45) is 1.66. The third-order valence-electron chi connectivity index (χ3n) is 3.72. The zero-order chi connectivity index (χ0) is 18.7. The molecule has 0 aliphatic carbocycles. The minimum atomic E-state index is -0.480. The van der Waals surface area contributed by atoms with Crippen LogP contribution < -0.4 is 9.47 Å². The largest absolute Gasteiger partial charge is 0.492 e. The number of cyclic esters (lactones) is 1. The normalized spacial score (nSPS) is 15.0. The van der Waals surface area contributed by atoms with Crippen molar-refractivity contribution in [2.45, 2.75) is 13.8 Å². The van der Waals surface area contributed by atoms with E-state index in [1.54, 1.807) is 19.3 Å². The average molecular weight is 416 g/mol. The Kier molecular flexibility index (Phi) is 5.42. The molecule has 0 fully saturated rings. The number of hydrogen-bond acceptors (Lipinski definition) is 5. The number of rotatable bonds is 5. The van der Waals surface area contributed by atoms with Crippen molar-refractivity contribution < 1.29 is 19.0 Å². The summed E-state index contributed by atoms with van der Waals surface area (Å²) in [4.78, 5) is 16.5. The number of aryl methyl sites for hydroxylation is 1. The van der Waals surface area contributed by atoms with Crippen LogP contribution in [0.5, 0.6) is 11.5 Å². The first-order chi connectivity index (χ1) is 12.5. The van der Waals surface area contributed by atoms with Gasteiger partial charge in [0.25, 0.3) is 0 Å². The van der Waals surface area contributed by atoms with E-state index in [0.29, 0.717) is 24.0 Å². The van der Waals surface area contributed by atoms with Crippen molar-refractivity contribution in [3.05, 3.63) is 63.3 Å². The van der Waals surface area contributed by atoms with E-state index in [9.17, 15) is 4.79 Å². The summed E-state index contributed by atoms with van der Waals surface area (Å²) < 4.78 is 17.0. The number of ether oxygens (including phenoxy) is 3. The summed E-state index contributed by atoms with van der Waals surface area (Å²) >= 11 is 3.46. The third kappa shape index (κ3) is 3.80. The number of aliphatic imine (C=N–C) groups is 1. The molecule has 2 aromatic rings. The lowest BCUT2D eigenvalue weighted by atomic mass is 10.1. The van der Waals surface area contributed by atoms with Gasteiger partial charge < -0.3 is 14.2 Å². The Balaban J connectivity index is 1.98. The fourth-order valence-electron chi connectivity index (χ4n) is 2.60. The molecule has 0 radical (unpaired) electrons. The summed E-state index contributed by atoms with van der Waals surface area (Å²) in [5, 5.41) is 0. The Labute approximate surface area is 160 Å². The van der Waals surface area contributed by atoms with Crippen LogP contribution >= 0.6 is 15.9 Å². The van der Waals surface area contributed by atoms with Crippen molar-refractivity contribution in [2.24, 2.45) is 4.99 Å². The maximum Gasteiger partial charge on any atom is 0.363 e. The molecule has 0 saturated heterocycles. The van der Waals surface area contributed by atoms with Crippen LogP contribution in [0.25, 0.3) is 6.08 Å². The standard InChI is InChI=1S/C20H18BrNO4/c1-4-25-17-11-13(9-15(21)18(17)24-3)10-16-20(23)26-19(22-16)14-7-5-6-12(2)8-14/h5-11H,4H2,1-3H3/b16-10-. The fourth-order valence-corrected chi connectivity index (χ4v) is 3.22. The van der Waals surface area contributed by atoms with Gasteiger partial charge in [-0.1, -0.05) is 17.7 Å². The molecule has 2 aromatic carbocycles. The molecule has 0 N–H and O–H groups in total. The average Bonchev–Trinajstić information content (AvgIpc) is 2.96. The molecule has 26 heavy (non-hydrogen) atoms. The van der Waals surface area contributed by atoms with Crippen LogP contribution in [0.2, 0.25) is 0 Å². The third-order valence-corrected chi connectivity index (χ3v) is 4.31. The lowest BCUT2D eigenvalue weighted by Gasteiger charge is -2.12. The van der Waals surface area contributed by atoms with Gasteiger partial charge >= 0.3 is 5.97 Å². The van der Waals surface area contributed by atoms with Crippen molar-refractivity contribution >= 4 is 33.9 Å². The summed E-state index contributed by atoms with van der Waals surface area (Å²) in [7, 11) is 1.58. The van der Waals surface area contributed by atoms with E-state index >= 15 is 0 Å². The maximum atomic E-state index is 12.2. The van der Waals surface area contributed by atoms with Crippen LogP contribution in [0, 0.1) is 6.92 Å². The highest BCUT2D eigenvalue weighted by Crippen LogP contribution is 2.37. The molecule has 1 aliphatic rings. The van der Waals surface area contributed by atoms with Gasteiger partial charge in [-0.15, -0.1) is 0 Å². The van der Waals surface area contributed by atoms with Crippen molar-refractivity contribution in [1.29, 1.82) is 0 Å². The molecule has 0 unspecified atom stereocenters. The molecular weight excluding hydrogens is 398 g/mol. The van der Waals surface area contributed by atoms with Crippen molar-refractivity contribution in [3.8, 4) is 11.5 Å². The number of halogens is 1. The van der Waals surface area contributed by atoms with E-state index in [1.807, 2.05) is 44.2 Å². The van der Waals surface area contributed by atoms with Gasteiger partial charge in [0.15, 0.2) is 17.2 Å². The molecule has 134 valence electrons. The number of benzene rings is 2. The van der Waals surface area contributed by atoms with Crippen LogP contribution in [0.1, 0.15) is 23.6 Å². The molecular formula is C20H18BrNO4. The summed E-state index contributed by atoms with van der Waals surface area (Å²) in [6, 6.07) is 11.3. The Morgan fingerprint density at radius 1 is 1.27 bits per heavy atom. The van der Waals surface area contributed by atoms with Gasteiger partial charge in [-0.05, 0) is 65.7 Å². The van der Waals surface area contributed by atoms with E-state index < -0.39 is 5.97 Å². The molecule has 5 nitrogen and oxygen atoms in total. The number of esters is 1. The first kappa shape index (κ1) is 18.2. The molecule has 0 bridgehead atoms. The SMILES string of the molecule is CCOc1cc(/C=C2\N=C(c3cccc(C)c3)OC2=O)cc(Br)c1OC. The summed E-state index contributed by atoms with van der Waals surface area (Å²) in [6.45, 7) is 4.37. The quantitative estimate of drug-likeness (QED) is 0.532. The van der Waals surface area contributed by atoms with Crippen LogP contribution in [0.4, 0.5) is 0 Å². The molecule has 0 saturated carbocycles. The van der Waals surface area contributed by atoms with Crippen LogP contribution in [-0.4, -0.2) is 25.6 Å². The van der Waals surface area contributed by atoms with Gasteiger partial charge in [0.05, 0.1) is 18.2 Å². The van der Waals surface area contributed by atoms with Gasteiger partial charge in [-0.25, -0.2) is 9.79 Å². The van der Waals surface area contributed by atoms with Crippen LogP contribution in [0.3, 0.4) is 0 Å². The second-order valence-electron chi connectivity index (χ2n) is 5.67. The predicted molar refractivity (Wildman–Crippen MR) is 104 cm³/mol. The molecule has 0 atom stereocenters. The van der Waals surface area contributed by atoms with Gasteiger partial charge in [-0.2, -0.15) is 0 Å². The highest BCUT2D eigenvalue weighted by Gasteiger charge is 2.24. The first-order valence-electron chi connectivity index (χ1n) is 8.11. The lowest BCUT2D eigenvalue weighted by molar-refractivity contribution is -0.129. The van der Waals surface area contributed by atoms with Crippen molar-refractivity contribution in [1.82, 2.24) is 0 Å². The molecule has 0 aromatic heterocycles. The van der Waals surface area contributed by atoms with Gasteiger partial charge in [0.2, 0.25) is 5.90 Å². The van der Waals surface area contributed by atoms with Gasteiger partial charge in [0.1, 0.15) is 0 Å². The van der Waals surface area contributed by atoms with Crippen molar-refractivity contribution in [2.75, 3.05) is 13.7 Å². The van der Waals surface area contributed by atoms with E-state index in [1.165, 1.54) is 0 Å². The van der Waals surface area contributed by atoms with Crippen LogP contribution in [0.15, 0.2) is 51.6 Å². The Morgan fingerprint density at radius 2 is 2.08 bits per heavy atom. The van der Waals surface area contributed by atoms with E-state index in [4.69, 9.17) is 14.2 Å². The van der Waals surface area contributed by atoms with Gasteiger partial charge in [0, 0.05) is 5.56 Å². The smallest absolute Gasteiger partial charge is 0.363 e. The second-order valence-corrected chi connectivity index (χ2v) is 6.53. The van der Waals surface area contributed by atoms with Crippen molar-refractivity contribution in [3.63, 3.8) is 0 Å². The number of nitrogens with zero attached hydrogens (tertiary/aromatic N) is 1. The Bertz CT molecular complexity index is 918. The second kappa shape index (κ2) is 7.74. The Hall–Kier alpha value is -2.60. The number of carbonyl (C=O) groups excluding carboxylic acids is 1. The molecule has 1 heterocycles. The molecule has 0 spiro atoms. The lowest BCUT2D eigenvalue weighted by Crippen LogP contribution is -2.05. The van der Waals surface area contributed by atoms with Crippen LogP contribution in [-0.2, 0) is 9.53 Å². The molecule has 3 rings (SSSR count). The highest BCUT2D eigenvalue weighted by atomic mass is 79.9. The topological polar surface area (TPSA) is 57.1 Å². The zero-order valence-electron chi connectivity index (χ0n) is 14.7. The predicted octanol–water partition coefficient (Wildman–Crippen LogP) is 4.51. The monoisotopic (exact) mass is 415 g/mol. The van der Waals surface area contributed by atoms with E-state index in [2.05, 4.69) is 20.9 Å². The maximum absolute atomic E-state index is 12.2. The zero-order valence-corrected chi connectivity index (χ0v) is 16.3. The minimum absolute atomic E-state index is 0.237. The molecule has 6 heteroatoms. The molecule has 1 aliphatic heterocycles. The number of carbonyl (C=O) groups is 1. The number of hydrogen-bond donors (Lipinski definition) is 0. The number of methoxy groups -OCH3 is 1.